The van der Waals surface area contributed by atoms with Gasteiger partial charge in [-0.3, -0.25) is 0 Å². The van der Waals surface area contributed by atoms with E-state index in [-0.39, 0.29) is 11.9 Å². The minimum atomic E-state index is -0.214. The lowest BCUT2D eigenvalue weighted by Gasteiger charge is -2.23. The Morgan fingerprint density at radius 1 is 1.53 bits per heavy atom. The van der Waals surface area contributed by atoms with E-state index in [1.54, 1.807) is 12.1 Å². The van der Waals surface area contributed by atoms with Crippen molar-refractivity contribution in [3.63, 3.8) is 0 Å². The van der Waals surface area contributed by atoms with Crippen LogP contribution in [0.1, 0.15) is 5.56 Å². The largest absolute Gasteiger partial charge is 0.375 e. The van der Waals surface area contributed by atoms with Gasteiger partial charge in [0.1, 0.15) is 5.82 Å². The molecule has 0 bridgehead atoms. The number of hydrogen-bond donors (Lipinski definition) is 1. The summed E-state index contributed by atoms with van der Waals surface area (Å²) in [6, 6.07) is 4.61. The molecule has 1 unspecified atom stereocenters. The Hall–Kier alpha value is -0.640. The second-order valence-corrected chi connectivity index (χ2v) is 4.07. The maximum Gasteiger partial charge on any atom is 0.126 e. The van der Waals surface area contributed by atoms with Gasteiger partial charge in [0, 0.05) is 24.5 Å². The van der Waals surface area contributed by atoms with E-state index in [0.29, 0.717) is 23.6 Å². The number of hydrogen-bond acceptors (Lipinski definition) is 2. The van der Waals surface area contributed by atoms with Gasteiger partial charge in [-0.1, -0.05) is 11.6 Å². The molecule has 1 atom stereocenters. The van der Waals surface area contributed by atoms with Crippen LogP contribution < -0.4 is 5.32 Å². The van der Waals surface area contributed by atoms with Crippen LogP contribution in [-0.4, -0.2) is 25.8 Å². The first kappa shape index (κ1) is 10.9. The van der Waals surface area contributed by atoms with Gasteiger partial charge in [0.2, 0.25) is 0 Å². The molecule has 0 aromatic heterocycles. The van der Waals surface area contributed by atoms with Gasteiger partial charge in [0.05, 0.1) is 12.7 Å². The van der Waals surface area contributed by atoms with Crippen molar-refractivity contribution in [2.75, 3.05) is 19.7 Å². The zero-order chi connectivity index (χ0) is 10.7. The Balaban J connectivity index is 2.05. The molecule has 4 heteroatoms. The van der Waals surface area contributed by atoms with E-state index in [9.17, 15) is 4.39 Å². The van der Waals surface area contributed by atoms with Crippen molar-refractivity contribution in [1.82, 2.24) is 5.32 Å². The fourth-order valence-electron chi connectivity index (χ4n) is 1.70. The first-order valence-corrected chi connectivity index (χ1v) is 5.40. The van der Waals surface area contributed by atoms with Gasteiger partial charge in [0.15, 0.2) is 0 Å². The normalized spacial score (nSPS) is 21.6. The highest BCUT2D eigenvalue weighted by Gasteiger charge is 2.15. The minimum Gasteiger partial charge on any atom is -0.375 e. The summed E-state index contributed by atoms with van der Waals surface area (Å²) in [5.74, 6) is -0.214. The smallest absolute Gasteiger partial charge is 0.126 e. The lowest BCUT2D eigenvalue weighted by atomic mass is 10.1. The fourth-order valence-corrected chi connectivity index (χ4v) is 1.89. The van der Waals surface area contributed by atoms with Gasteiger partial charge < -0.3 is 10.1 Å². The Kier molecular flexibility index (Phi) is 3.57. The molecule has 15 heavy (non-hydrogen) atoms. The Morgan fingerprint density at radius 3 is 3.13 bits per heavy atom. The molecular weight excluding hydrogens is 217 g/mol. The number of ether oxygens (including phenoxy) is 1. The summed E-state index contributed by atoms with van der Waals surface area (Å²) in [7, 11) is 0. The summed E-state index contributed by atoms with van der Waals surface area (Å²) >= 11 is 5.81. The Bertz CT molecular complexity index is 339. The van der Waals surface area contributed by atoms with E-state index in [4.69, 9.17) is 16.3 Å². The second-order valence-electron chi connectivity index (χ2n) is 3.64. The van der Waals surface area contributed by atoms with Crippen LogP contribution in [0.25, 0.3) is 0 Å². The number of morpholine rings is 1. The predicted molar refractivity (Wildman–Crippen MR) is 57.7 cm³/mol. The highest BCUT2D eigenvalue weighted by Crippen LogP contribution is 2.17. The fraction of sp³-hybridized carbons (Fsp3) is 0.455. The van der Waals surface area contributed by atoms with E-state index in [1.165, 1.54) is 6.07 Å². The highest BCUT2D eigenvalue weighted by molar-refractivity contribution is 6.30. The van der Waals surface area contributed by atoms with Crippen LogP contribution in [0.3, 0.4) is 0 Å². The van der Waals surface area contributed by atoms with E-state index in [0.717, 1.165) is 13.1 Å². The first-order chi connectivity index (χ1) is 7.25. The van der Waals surface area contributed by atoms with Crippen LogP contribution in [0, 0.1) is 5.82 Å². The summed E-state index contributed by atoms with van der Waals surface area (Å²) in [5.41, 5.74) is 0.621. The van der Waals surface area contributed by atoms with Gasteiger partial charge in [-0.25, -0.2) is 4.39 Å². The highest BCUT2D eigenvalue weighted by atomic mass is 35.5. The average molecular weight is 230 g/mol. The van der Waals surface area contributed by atoms with Crippen molar-refractivity contribution >= 4 is 11.6 Å². The number of nitrogens with one attached hydrogen (secondary N) is 1. The molecule has 0 aliphatic carbocycles. The predicted octanol–water partition coefficient (Wildman–Crippen LogP) is 2.01. The molecule has 1 saturated heterocycles. The van der Waals surface area contributed by atoms with Crippen LogP contribution in [0.15, 0.2) is 18.2 Å². The van der Waals surface area contributed by atoms with Crippen LogP contribution in [0.2, 0.25) is 5.02 Å². The third-order valence-electron chi connectivity index (χ3n) is 2.46. The quantitative estimate of drug-likeness (QED) is 0.838. The zero-order valence-corrected chi connectivity index (χ0v) is 9.06. The van der Waals surface area contributed by atoms with E-state index in [1.807, 2.05) is 0 Å². The molecule has 1 aromatic carbocycles. The third-order valence-corrected chi connectivity index (χ3v) is 2.69. The SMILES string of the molecule is Fc1ccc(Cl)cc1CC1CNCCO1. The summed E-state index contributed by atoms with van der Waals surface area (Å²) in [6.45, 7) is 2.33. The van der Waals surface area contributed by atoms with Gasteiger partial charge in [-0.15, -0.1) is 0 Å². The molecular formula is C11H13ClFNO. The average Bonchev–Trinajstić information content (AvgIpc) is 2.25. The molecule has 1 aromatic rings. The van der Waals surface area contributed by atoms with Gasteiger partial charge in [-0.2, -0.15) is 0 Å². The van der Waals surface area contributed by atoms with Crippen molar-refractivity contribution in [3.8, 4) is 0 Å². The maximum atomic E-state index is 13.4. The monoisotopic (exact) mass is 229 g/mol. The standard InChI is InChI=1S/C11H13ClFNO/c12-9-1-2-11(13)8(5-9)6-10-7-14-3-4-15-10/h1-2,5,10,14H,3-4,6-7H2. The lowest BCUT2D eigenvalue weighted by molar-refractivity contribution is 0.0287. The van der Waals surface area contributed by atoms with Gasteiger partial charge in [0.25, 0.3) is 0 Å². The van der Waals surface area contributed by atoms with Crippen molar-refractivity contribution in [2.45, 2.75) is 12.5 Å². The second kappa shape index (κ2) is 4.92. The number of benzene rings is 1. The molecule has 1 aliphatic rings. The van der Waals surface area contributed by atoms with E-state index in [2.05, 4.69) is 5.32 Å². The van der Waals surface area contributed by atoms with Gasteiger partial charge >= 0.3 is 0 Å². The van der Waals surface area contributed by atoms with Crippen LogP contribution in [0.4, 0.5) is 4.39 Å². The number of rotatable bonds is 2. The van der Waals surface area contributed by atoms with Crippen LogP contribution in [0.5, 0.6) is 0 Å². The molecule has 0 radical (unpaired) electrons. The summed E-state index contributed by atoms with van der Waals surface area (Å²) in [4.78, 5) is 0. The summed E-state index contributed by atoms with van der Waals surface area (Å²) in [6.07, 6.45) is 0.617. The molecule has 1 N–H and O–H groups in total. The molecule has 2 nitrogen and oxygen atoms in total. The summed E-state index contributed by atoms with van der Waals surface area (Å²) < 4.78 is 18.9. The minimum absolute atomic E-state index is 0.0479. The molecule has 1 fully saturated rings. The number of halogens is 2. The van der Waals surface area contributed by atoms with Gasteiger partial charge in [-0.05, 0) is 23.8 Å². The van der Waals surface area contributed by atoms with Crippen LogP contribution in [-0.2, 0) is 11.2 Å². The maximum absolute atomic E-state index is 13.4. The van der Waals surface area contributed by atoms with Crippen molar-refractivity contribution < 1.29 is 9.13 Å². The zero-order valence-electron chi connectivity index (χ0n) is 8.30. The molecule has 0 saturated carbocycles. The molecule has 1 heterocycles. The van der Waals surface area contributed by atoms with Crippen LogP contribution >= 0.6 is 11.6 Å². The topological polar surface area (TPSA) is 21.3 Å². The van der Waals surface area contributed by atoms with Crippen molar-refractivity contribution in [3.05, 3.63) is 34.6 Å². The Labute approximate surface area is 93.4 Å². The van der Waals surface area contributed by atoms with E-state index >= 15 is 0 Å². The van der Waals surface area contributed by atoms with E-state index < -0.39 is 0 Å². The Morgan fingerprint density at radius 2 is 2.40 bits per heavy atom. The van der Waals surface area contributed by atoms with Crippen molar-refractivity contribution in [2.24, 2.45) is 0 Å². The molecule has 0 amide bonds. The summed E-state index contributed by atoms with van der Waals surface area (Å²) in [5, 5.41) is 3.77. The third kappa shape index (κ3) is 2.91. The molecule has 82 valence electrons. The molecule has 0 spiro atoms. The first-order valence-electron chi connectivity index (χ1n) is 5.02. The molecule has 1 aliphatic heterocycles. The molecule has 2 rings (SSSR count). The lowest BCUT2D eigenvalue weighted by Crippen LogP contribution is -2.39. The van der Waals surface area contributed by atoms with Crippen molar-refractivity contribution in [1.29, 1.82) is 0 Å².